The van der Waals surface area contributed by atoms with Crippen LogP contribution in [0.5, 0.6) is 5.75 Å². The van der Waals surface area contributed by atoms with Crippen LogP contribution in [0.25, 0.3) is 0 Å². The average Bonchev–Trinajstić information content (AvgIpc) is 3.39. The fourth-order valence-electron chi connectivity index (χ4n) is 4.74. The molecule has 4 rings (SSSR count). The largest absolute Gasteiger partial charge is 0.493 e. The molecule has 2 aromatic carbocycles. The van der Waals surface area contributed by atoms with E-state index < -0.39 is 10.0 Å². The molecule has 166 valence electrons. The lowest BCUT2D eigenvalue weighted by molar-refractivity contribution is -0.122. The van der Waals surface area contributed by atoms with Crippen LogP contribution in [0, 0.1) is 19.8 Å². The number of rotatable bonds is 6. The predicted molar refractivity (Wildman–Crippen MR) is 122 cm³/mol. The van der Waals surface area contributed by atoms with E-state index in [2.05, 4.69) is 4.72 Å². The summed E-state index contributed by atoms with van der Waals surface area (Å²) in [4.78, 5) is 14.9. The summed E-state index contributed by atoms with van der Waals surface area (Å²) in [6.07, 6.45) is 4.95. The Morgan fingerprint density at radius 1 is 1.13 bits per heavy atom. The Labute approximate surface area is 184 Å². The van der Waals surface area contributed by atoms with Gasteiger partial charge in [0.05, 0.1) is 11.5 Å². The van der Waals surface area contributed by atoms with Crippen molar-refractivity contribution in [3.63, 3.8) is 0 Å². The third kappa shape index (κ3) is 4.28. The number of carbonyl (C=O) groups excluding carboxylic acids is 1. The number of nitrogens with zero attached hydrogens (tertiary/aromatic N) is 1. The Balaban J connectivity index is 1.54. The van der Waals surface area contributed by atoms with Gasteiger partial charge in [0.25, 0.3) is 10.0 Å². The highest BCUT2D eigenvalue weighted by molar-refractivity contribution is 7.92. The predicted octanol–water partition coefficient (Wildman–Crippen LogP) is 4.58. The molecule has 7 heteroatoms. The number of hydrogen-bond donors (Lipinski definition) is 1. The van der Waals surface area contributed by atoms with Gasteiger partial charge in [-0.2, -0.15) is 0 Å². The molecule has 1 amide bonds. The van der Waals surface area contributed by atoms with E-state index >= 15 is 0 Å². The maximum atomic E-state index is 13.0. The van der Waals surface area contributed by atoms with Crippen molar-refractivity contribution in [2.75, 3.05) is 22.8 Å². The van der Waals surface area contributed by atoms with E-state index in [1.54, 1.807) is 18.2 Å². The Kier molecular flexibility index (Phi) is 5.97. The van der Waals surface area contributed by atoms with Gasteiger partial charge in [-0.05, 0) is 87.1 Å². The van der Waals surface area contributed by atoms with Gasteiger partial charge in [0.1, 0.15) is 5.75 Å². The Bertz CT molecular complexity index is 1080. The van der Waals surface area contributed by atoms with Gasteiger partial charge in [-0.15, -0.1) is 0 Å². The third-order valence-corrected chi connectivity index (χ3v) is 7.59. The molecule has 2 aromatic rings. The second kappa shape index (κ2) is 8.54. The van der Waals surface area contributed by atoms with E-state index in [0.717, 1.165) is 60.2 Å². The van der Waals surface area contributed by atoms with Gasteiger partial charge in [-0.1, -0.05) is 12.8 Å². The maximum Gasteiger partial charge on any atom is 0.261 e. The van der Waals surface area contributed by atoms with Gasteiger partial charge in [0.2, 0.25) is 5.91 Å². The number of benzene rings is 2. The van der Waals surface area contributed by atoms with E-state index in [1.165, 1.54) is 0 Å². The summed E-state index contributed by atoms with van der Waals surface area (Å²) in [5.41, 5.74) is 4.01. The van der Waals surface area contributed by atoms with E-state index in [1.807, 2.05) is 37.8 Å². The smallest absolute Gasteiger partial charge is 0.261 e. The normalized spacial score (nSPS) is 16.4. The van der Waals surface area contributed by atoms with Crippen LogP contribution in [-0.2, 0) is 21.2 Å². The molecule has 1 N–H and O–H groups in total. The van der Waals surface area contributed by atoms with E-state index in [-0.39, 0.29) is 16.7 Å². The average molecular weight is 443 g/mol. The number of ether oxygens (including phenoxy) is 1. The number of sulfonamides is 1. The van der Waals surface area contributed by atoms with Crippen molar-refractivity contribution in [3.05, 3.63) is 47.0 Å². The van der Waals surface area contributed by atoms with Crippen molar-refractivity contribution in [1.29, 1.82) is 0 Å². The van der Waals surface area contributed by atoms with Crippen LogP contribution >= 0.6 is 0 Å². The Morgan fingerprint density at radius 2 is 1.81 bits per heavy atom. The molecule has 0 bridgehead atoms. The molecule has 0 spiro atoms. The van der Waals surface area contributed by atoms with Crippen LogP contribution in [0.4, 0.5) is 11.4 Å². The van der Waals surface area contributed by atoms with Crippen molar-refractivity contribution in [3.8, 4) is 5.75 Å². The maximum absolute atomic E-state index is 13.0. The standard InChI is InChI=1S/C24H30N2O4S/c1-4-30-23-16(2)13-21(14-17(23)3)31(28,29)25-20-9-10-22-19(15-20)11-12-26(22)24(27)18-7-5-6-8-18/h9-10,13-15,18,25H,4-8,11-12H2,1-3H3. The quantitative estimate of drug-likeness (QED) is 0.710. The molecule has 1 heterocycles. The number of fused-ring (bicyclic) bond motifs is 1. The SMILES string of the molecule is CCOc1c(C)cc(S(=O)(=O)Nc2ccc3c(c2)CCN3C(=O)C2CCCC2)cc1C. The van der Waals surface area contributed by atoms with Gasteiger partial charge in [0.15, 0.2) is 0 Å². The van der Waals surface area contributed by atoms with Gasteiger partial charge < -0.3 is 9.64 Å². The first-order valence-electron chi connectivity index (χ1n) is 11.0. The molecule has 6 nitrogen and oxygen atoms in total. The molecule has 1 saturated carbocycles. The van der Waals surface area contributed by atoms with Crippen LogP contribution in [0.2, 0.25) is 0 Å². The zero-order valence-electron chi connectivity index (χ0n) is 18.4. The van der Waals surface area contributed by atoms with Crippen LogP contribution in [0.15, 0.2) is 35.2 Å². The van der Waals surface area contributed by atoms with Crippen LogP contribution in [0.1, 0.15) is 49.3 Å². The highest BCUT2D eigenvalue weighted by Gasteiger charge is 2.32. The van der Waals surface area contributed by atoms with Crippen molar-refractivity contribution in [2.45, 2.75) is 57.8 Å². The highest BCUT2D eigenvalue weighted by Crippen LogP contribution is 2.35. The molecular formula is C24H30N2O4S. The van der Waals surface area contributed by atoms with Crippen molar-refractivity contribution < 1.29 is 17.9 Å². The zero-order valence-corrected chi connectivity index (χ0v) is 19.2. The first-order valence-corrected chi connectivity index (χ1v) is 12.5. The van der Waals surface area contributed by atoms with Crippen LogP contribution < -0.4 is 14.4 Å². The van der Waals surface area contributed by atoms with Gasteiger partial charge in [-0.25, -0.2) is 8.42 Å². The summed E-state index contributed by atoms with van der Waals surface area (Å²) in [5, 5.41) is 0. The lowest BCUT2D eigenvalue weighted by atomic mass is 10.1. The lowest BCUT2D eigenvalue weighted by Crippen LogP contribution is -2.33. The molecule has 0 saturated heterocycles. The molecule has 0 unspecified atom stereocenters. The Morgan fingerprint density at radius 3 is 2.45 bits per heavy atom. The van der Waals surface area contributed by atoms with Crippen LogP contribution in [0.3, 0.4) is 0 Å². The van der Waals surface area contributed by atoms with Crippen molar-refractivity contribution in [1.82, 2.24) is 0 Å². The highest BCUT2D eigenvalue weighted by atomic mass is 32.2. The number of anilines is 2. The molecule has 1 aliphatic heterocycles. The summed E-state index contributed by atoms with van der Waals surface area (Å²) < 4.78 is 34.3. The minimum Gasteiger partial charge on any atom is -0.493 e. The van der Waals surface area contributed by atoms with Gasteiger partial charge in [-0.3, -0.25) is 9.52 Å². The molecule has 31 heavy (non-hydrogen) atoms. The van der Waals surface area contributed by atoms with Crippen molar-refractivity contribution in [2.24, 2.45) is 5.92 Å². The minimum atomic E-state index is -3.74. The molecule has 1 fully saturated rings. The monoisotopic (exact) mass is 442 g/mol. The Hall–Kier alpha value is -2.54. The first kappa shape index (κ1) is 21.7. The number of carbonyl (C=O) groups is 1. The molecule has 0 radical (unpaired) electrons. The summed E-state index contributed by atoms with van der Waals surface area (Å²) in [6.45, 7) is 6.80. The van der Waals surface area contributed by atoms with E-state index in [0.29, 0.717) is 18.8 Å². The summed E-state index contributed by atoms with van der Waals surface area (Å²) in [7, 11) is -3.74. The molecule has 2 aliphatic rings. The summed E-state index contributed by atoms with van der Waals surface area (Å²) in [5.74, 6) is 1.08. The summed E-state index contributed by atoms with van der Waals surface area (Å²) in [6, 6.07) is 8.72. The second-order valence-corrected chi connectivity index (χ2v) is 10.2. The number of amides is 1. The van der Waals surface area contributed by atoms with Crippen LogP contribution in [-0.4, -0.2) is 27.5 Å². The fraction of sp³-hybridized carbons (Fsp3) is 0.458. The molecule has 0 aromatic heterocycles. The molecule has 1 aliphatic carbocycles. The van der Waals surface area contributed by atoms with Gasteiger partial charge >= 0.3 is 0 Å². The first-order chi connectivity index (χ1) is 14.8. The fourth-order valence-corrected chi connectivity index (χ4v) is 5.96. The zero-order chi connectivity index (χ0) is 22.2. The third-order valence-electron chi connectivity index (χ3n) is 6.23. The molecular weight excluding hydrogens is 412 g/mol. The molecule has 0 atom stereocenters. The van der Waals surface area contributed by atoms with E-state index in [4.69, 9.17) is 4.74 Å². The van der Waals surface area contributed by atoms with Gasteiger partial charge in [0, 0.05) is 23.8 Å². The minimum absolute atomic E-state index is 0.135. The second-order valence-electron chi connectivity index (χ2n) is 8.49. The number of aryl methyl sites for hydroxylation is 2. The topological polar surface area (TPSA) is 75.7 Å². The van der Waals surface area contributed by atoms with Crippen molar-refractivity contribution >= 4 is 27.3 Å². The number of hydrogen-bond acceptors (Lipinski definition) is 4. The van der Waals surface area contributed by atoms with E-state index in [9.17, 15) is 13.2 Å². The number of nitrogens with one attached hydrogen (secondary N) is 1. The summed E-state index contributed by atoms with van der Waals surface area (Å²) >= 11 is 0. The lowest BCUT2D eigenvalue weighted by Gasteiger charge is -2.21.